The Morgan fingerprint density at radius 2 is 2.11 bits per heavy atom. The van der Waals surface area contributed by atoms with Gasteiger partial charge in [-0.3, -0.25) is 14.3 Å². The SMILES string of the molecule is CCn1[nH]cc(C(=O)c2cc(Cl)c3c(c2C)C2(CCSS2)CCS3(=O)=O)c1=O. The van der Waals surface area contributed by atoms with Crippen LogP contribution in [0.2, 0.25) is 5.02 Å². The Kier molecular flexibility index (Phi) is 5.01. The van der Waals surface area contributed by atoms with Gasteiger partial charge in [0.25, 0.3) is 5.56 Å². The Morgan fingerprint density at radius 1 is 1.36 bits per heavy atom. The van der Waals surface area contributed by atoms with Crippen LogP contribution in [0.4, 0.5) is 0 Å². The summed E-state index contributed by atoms with van der Waals surface area (Å²) in [5, 5.41) is 2.84. The summed E-state index contributed by atoms with van der Waals surface area (Å²) in [6.45, 7) is 3.99. The van der Waals surface area contributed by atoms with Gasteiger partial charge in [0.05, 0.1) is 20.4 Å². The fraction of sp³-hybridized carbons (Fsp3) is 0.444. The highest BCUT2D eigenvalue weighted by Gasteiger charge is 2.48. The first-order valence-electron chi connectivity index (χ1n) is 8.92. The van der Waals surface area contributed by atoms with Crippen LogP contribution in [0.5, 0.6) is 0 Å². The van der Waals surface area contributed by atoms with Crippen molar-refractivity contribution in [1.82, 2.24) is 9.78 Å². The number of halogens is 1. The third-order valence-corrected chi connectivity index (χ3v) is 10.9. The van der Waals surface area contributed by atoms with E-state index in [1.807, 2.05) is 0 Å². The molecule has 1 saturated heterocycles. The largest absolute Gasteiger partial charge is 0.302 e. The number of rotatable bonds is 3. The van der Waals surface area contributed by atoms with Gasteiger partial charge in [-0.1, -0.05) is 33.2 Å². The van der Waals surface area contributed by atoms with Crippen molar-refractivity contribution in [1.29, 1.82) is 0 Å². The van der Waals surface area contributed by atoms with Gasteiger partial charge in [0.2, 0.25) is 5.78 Å². The maximum atomic E-state index is 13.2. The van der Waals surface area contributed by atoms with Crippen LogP contribution in [-0.2, 0) is 21.1 Å². The summed E-state index contributed by atoms with van der Waals surface area (Å²) in [5.74, 6) is 0.529. The number of carbonyl (C=O) groups is 1. The normalized spacial score (nSPS) is 23.1. The molecule has 1 aromatic heterocycles. The molecule has 0 amide bonds. The van der Waals surface area contributed by atoms with Gasteiger partial charge in [-0.25, -0.2) is 8.42 Å². The molecule has 2 aliphatic heterocycles. The van der Waals surface area contributed by atoms with Crippen molar-refractivity contribution in [3.63, 3.8) is 0 Å². The first kappa shape index (κ1) is 20.1. The highest BCUT2D eigenvalue weighted by molar-refractivity contribution is 8.77. The number of ketones is 1. The molecule has 1 aromatic carbocycles. The van der Waals surface area contributed by atoms with Gasteiger partial charge in [-0.15, -0.1) is 0 Å². The maximum absolute atomic E-state index is 13.2. The molecule has 1 atom stereocenters. The third kappa shape index (κ3) is 2.89. The fourth-order valence-corrected chi connectivity index (χ4v) is 10.1. The number of aromatic amines is 1. The van der Waals surface area contributed by atoms with E-state index in [1.54, 1.807) is 35.4 Å². The number of aromatic nitrogens is 2. The summed E-state index contributed by atoms with van der Waals surface area (Å²) in [5.41, 5.74) is 1.18. The fourth-order valence-electron chi connectivity index (χ4n) is 4.03. The number of benzene rings is 1. The quantitative estimate of drug-likeness (QED) is 0.559. The van der Waals surface area contributed by atoms with E-state index in [0.29, 0.717) is 24.1 Å². The number of hydrogen-bond donors (Lipinski definition) is 1. The summed E-state index contributed by atoms with van der Waals surface area (Å²) in [4.78, 5) is 25.8. The van der Waals surface area contributed by atoms with E-state index < -0.39 is 21.2 Å². The third-order valence-electron chi connectivity index (χ3n) is 5.49. The van der Waals surface area contributed by atoms with E-state index in [1.165, 1.54) is 16.9 Å². The molecule has 3 heterocycles. The van der Waals surface area contributed by atoms with Crippen LogP contribution in [0.1, 0.15) is 46.8 Å². The van der Waals surface area contributed by atoms with Crippen molar-refractivity contribution in [2.75, 3.05) is 11.5 Å². The summed E-state index contributed by atoms with van der Waals surface area (Å²) in [6.07, 6.45) is 2.72. The van der Waals surface area contributed by atoms with Gasteiger partial charge in [0, 0.05) is 24.1 Å². The van der Waals surface area contributed by atoms with Crippen molar-refractivity contribution < 1.29 is 13.2 Å². The number of carbonyl (C=O) groups excluding carboxylic acids is 1. The molecule has 0 bridgehead atoms. The molecule has 1 spiro atoms. The molecule has 1 fully saturated rings. The average molecular weight is 459 g/mol. The molecule has 0 saturated carbocycles. The zero-order valence-electron chi connectivity index (χ0n) is 15.4. The molecule has 1 N–H and O–H groups in total. The minimum Gasteiger partial charge on any atom is -0.302 e. The van der Waals surface area contributed by atoms with Crippen molar-refractivity contribution in [3.05, 3.63) is 49.9 Å². The lowest BCUT2D eigenvalue weighted by atomic mass is 9.85. The van der Waals surface area contributed by atoms with Crippen molar-refractivity contribution >= 4 is 48.8 Å². The van der Waals surface area contributed by atoms with Gasteiger partial charge in [0.15, 0.2) is 9.84 Å². The lowest BCUT2D eigenvalue weighted by Gasteiger charge is -2.36. The van der Waals surface area contributed by atoms with E-state index in [2.05, 4.69) is 5.10 Å². The Hall–Kier alpha value is -1.16. The number of fused-ring (bicyclic) bond motifs is 2. The number of sulfone groups is 1. The lowest BCUT2D eigenvalue weighted by molar-refractivity contribution is 0.103. The van der Waals surface area contributed by atoms with Gasteiger partial charge in [0.1, 0.15) is 5.56 Å². The van der Waals surface area contributed by atoms with E-state index in [0.717, 1.165) is 12.2 Å². The molecule has 2 aliphatic rings. The molecule has 150 valence electrons. The second-order valence-electron chi connectivity index (χ2n) is 7.02. The van der Waals surface area contributed by atoms with Gasteiger partial charge in [-0.2, -0.15) is 0 Å². The lowest BCUT2D eigenvalue weighted by Crippen LogP contribution is -2.33. The van der Waals surface area contributed by atoms with Crippen LogP contribution in [0.3, 0.4) is 0 Å². The van der Waals surface area contributed by atoms with Crippen LogP contribution in [0, 0.1) is 6.92 Å². The smallest absolute Gasteiger partial charge is 0.277 e. The number of nitrogens with zero attached hydrogens (tertiary/aromatic N) is 1. The van der Waals surface area contributed by atoms with Crippen molar-refractivity contribution in [2.24, 2.45) is 0 Å². The summed E-state index contributed by atoms with van der Waals surface area (Å²) >= 11 is 6.43. The predicted molar refractivity (Wildman–Crippen MR) is 113 cm³/mol. The van der Waals surface area contributed by atoms with Crippen molar-refractivity contribution in [3.8, 4) is 0 Å². The minimum absolute atomic E-state index is 0.0298. The van der Waals surface area contributed by atoms with E-state index in [9.17, 15) is 18.0 Å². The van der Waals surface area contributed by atoms with Crippen LogP contribution < -0.4 is 5.56 Å². The van der Waals surface area contributed by atoms with Crippen LogP contribution in [-0.4, -0.2) is 35.5 Å². The standard InChI is InChI=1S/C18H19ClN2O4S3/c1-3-21-17(23)12(9-20-21)15(22)11-8-13(19)16-14(10(11)2)18(4-6-26-27-18)5-7-28(16,24)25/h8-9,20H,3-7H2,1-2H3. The zero-order chi connectivity index (χ0) is 20.3. The number of H-pyrrole nitrogens is 1. The summed E-state index contributed by atoms with van der Waals surface area (Å²) in [7, 11) is -0.130. The summed E-state index contributed by atoms with van der Waals surface area (Å²) in [6, 6.07) is 1.41. The minimum atomic E-state index is -3.51. The predicted octanol–water partition coefficient (Wildman–Crippen LogP) is 3.55. The van der Waals surface area contributed by atoms with Gasteiger partial charge < -0.3 is 5.10 Å². The first-order chi connectivity index (χ1) is 13.2. The molecular weight excluding hydrogens is 440 g/mol. The molecular formula is C18H19ClN2O4S3. The molecule has 6 nitrogen and oxygen atoms in total. The van der Waals surface area contributed by atoms with Crippen LogP contribution in [0.15, 0.2) is 22.0 Å². The highest BCUT2D eigenvalue weighted by atomic mass is 35.5. The monoisotopic (exact) mass is 458 g/mol. The van der Waals surface area contributed by atoms with E-state index in [-0.39, 0.29) is 31.5 Å². The van der Waals surface area contributed by atoms with E-state index in [4.69, 9.17) is 11.6 Å². The van der Waals surface area contributed by atoms with Gasteiger partial charge >= 0.3 is 0 Å². The Balaban J connectivity index is 1.97. The molecule has 10 heteroatoms. The topological polar surface area (TPSA) is 89.0 Å². The average Bonchev–Trinajstić information content (AvgIpc) is 3.27. The second-order valence-corrected chi connectivity index (χ2v) is 12.3. The number of nitrogens with one attached hydrogen (secondary N) is 1. The highest BCUT2D eigenvalue weighted by Crippen LogP contribution is 2.60. The van der Waals surface area contributed by atoms with Crippen molar-refractivity contribution in [2.45, 2.75) is 42.9 Å². The molecule has 2 aromatic rings. The summed E-state index contributed by atoms with van der Waals surface area (Å²) < 4.78 is 26.6. The Labute approximate surface area is 175 Å². The molecule has 4 rings (SSSR count). The Bertz CT molecular complexity index is 1140. The van der Waals surface area contributed by atoms with Gasteiger partial charge in [-0.05, 0) is 43.9 Å². The van der Waals surface area contributed by atoms with E-state index >= 15 is 0 Å². The molecule has 0 radical (unpaired) electrons. The Morgan fingerprint density at radius 3 is 2.71 bits per heavy atom. The molecule has 1 unspecified atom stereocenters. The number of aryl methyl sites for hydroxylation is 1. The molecule has 28 heavy (non-hydrogen) atoms. The zero-order valence-corrected chi connectivity index (χ0v) is 18.6. The van der Waals surface area contributed by atoms with Crippen LogP contribution in [0.25, 0.3) is 0 Å². The first-order valence-corrected chi connectivity index (χ1v) is 13.3. The molecule has 0 aliphatic carbocycles. The second kappa shape index (κ2) is 6.97. The van der Waals surface area contributed by atoms with Crippen LogP contribution >= 0.6 is 33.2 Å². The maximum Gasteiger partial charge on any atom is 0.277 e. The number of hydrogen-bond acceptors (Lipinski definition) is 6.